The molecular weight excluding hydrogens is 643 g/mol. The molecule has 0 atom stereocenters. The standard InChI is InChI=1S/C36H44N10.2ClH/c1-35(2,3)29-13-25-11-27(15-29)19-43-7-9-45(23-43)21-33-38-34(42-41-33)22-46-10-8-44(24-46)20-28-12-26(14-30(16-28)36(4,5)6)18-32-37-31(17-25)39-40-32;;/h7-16,23-24H,17-22H2,1-6H3,(H,37,39,40)(H,38,41,42);2*1H/q+2;;/p-2. The Balaban J connectivity index is 0.00000225. The summed E-state index contributed by atoms with van der Waals surface area (Å²) in [6, 6.07) is 13.9. The SMILES string of the molecule is CC(C)(C)c1cc2cc(c1)C[n+]1ccn(c1)Cc1nc(n[nH]1)Cn1cc[n+](c1)Cc1cc(cc(C(C)(C)C)c1)Cc1nc(n[nH]1)C2.[Cl-].[Cl-]. The number of nitrogens with one attached hydrogen (secondary N) is 2. The minimum absolute atomic E-state index is 0. The van der Waals surface area contributed by atoms with Gasteiger partial charge in [0.1, 0.15) is 50.2 Å². The molecule has 0 aliphatic carbocycles. The fourth-order valence-electron chi connectivity index (χ4n) is 6.13. The van der Waals surface area contributed by atoms with Crippen molar-refractivity contribution in [2.75, 3.05) is 0 Å². The van der Waals surface area contributed by atoms with Crippen LogP contribution in [0.4, 0.5) is 0 Å². The number of imidazole rings is 2. The first-order valence-corrected chi connectivity index (χ1v) is 16.1. The van der Waals surface area contributed by atoms with Gasteiger partial charge in [-0.05, 0) is 44.2 Å². The molecule has 6 aromatic rings. The van der Waals surface area contributed by atoms with Gasteiger partial charge in [0.05, 0.1) is 0 Å². The Morgan fingerprint density at radius 3 is 1.65 bits per heavy atom. The van der Waals surface area contributed by atoms with Crippen LogP contribution in [0.25, 0.3) is 0 Å². The lowest BCUT2D eigenvalue weighted by Crippen LogP contribution is -3.00. The zero-order valence-corrected chi connectivity index (χ0v) is 30.0. The molecule has 7 rings (SSSR count). The molecule has 0 spiro atoms. The monoisotopic (exact) mass is 686 g/mol. The van der Waals surface area contributed by atoms with E-state index in [0.717, 1.165) is 36.4 Å². The third-order valence-electron chi connectivity index (χ3n) is 8.61. The Kier molecular flexibility index (Phi) is 9.99. The molecule has 5 heterocycles. The second-order valence-electron chi connectivity index (χ2n) is 14.8. The summed E-state index contributed by atoms with van der Waals surface area (Å²) in [4.78, 5) is 9.76. The van der Waals surface area contributed by atoms with Crippen LogP contribution in [-0.4, -0.2) is 39.5 Å². The van der Waals surface area contributed by atoms with Crippen LogP contribution in [-0.2, 0) is 49.9 Å². The molecule has 48 heavy (non-hydrogen) atoms. The Morgan fingerprint density at radius 2 is 1.06 bits per heavy atom. The maximum Gasteiger partial charge on any atom is 0.244 e. The van der Waals surface area contributed by atoms with Crippen molar-refractivity contribution in [1.29, 1.82) is 0 Å². The third-order valence-corrected chi connectivity index (χ3v) is 8.61. The van der Waals surface area contributed by atoms with Crippen LogP contribution in [0.2, 0.25) is 0 Å². The summed E-state index contributed by atoms with van der Waals surface area (Å²) in [5.41, 5.74) is 7.64. The molecule has 2 N–H and O–H groups in total. The van der Waals surface area contributed by atoms with Crippen molar-refractivity contribution in [1.82, 2.24) is 39.5 Å². The van der Waals surface area contributed by atoms with Crippen molar-refractivity contribution >= 4 is 0 Å². The van der Waals surface area contributed by atoms with E-state index in [1.54, 1.807) is 0 Å². The van der Waals surface area contributed by atoms with Crippen LogP contribution < -0.4 is 33.9 Å². The minimum atomic E-state index is 0. The summed E-state index contributed by atoms with van der Waals surface area (Å²) < 4.78 is 8.68. The summed E-state index contributed by atoms with van der Waals surface area (Å²) in [6.45, 7) is 16.4. The average molecular weight is 688 g/mol. The first kappa shape index (κ1) is 35.0. The number of hydrogen-bond donors (Lipinski definition) is 2. The van der Waals surface area contributed by atoms with Gasteiger partial charge in [-0.3, -0.25) is 10.2 Å². The van der Waals surface area contributed by atoms with Gasteiger partial charge in [0.2, 0.25) is 12.7 Å². The maximum absolute atomic E-state index is 4.96. The van der Waals surface area contributed by atoms with E-state index in [-0.39, 0.29) is 35.6 Å². The number of halogens is 2. The van der Waals surface area contributed by atoms with Crippen molar-refractivity contribution < 1.29 is 33.9 Å². The molecule has 0 fully saturated rings. The Morgan fingerprint density at radius 1 is 0.583 bits per heavy atom. The van der Waals surface area contributed by atoms with Crippen molar-refractivity contribution in [3.8, 4) is 0 Å². The average Bonchev–Trinajstić information content (AvgIpc) is 3.78. The molecular formula is C36H44Cl2N10. The highest BCUT2D eigenvalue weighted by molar-refractivity contribution is 5.37. The highest BCUT2D eigenvalue weighted by Gasteiger charge is 2.20. The predicted molar refractivity (Wildman–Crippen MR) is 174 cm³/mol. The number of benzene rings is 2. The first-order chi connectivity index (χ1) is 21.9. The normalized spacial score (nSPS) is 13.6. The molecule has 0 radical (unpaired) electrons. The predicted octanol–water partition coefficient (Wildman–Crippen LogP) is -1.61. The smallest absolute Gasteiger partial charge is 0.244 e. The number of fused-ring (bicyclic) bond motifs is 12. The van der Waals surface area contributed by atoms with Gasteiger partial charge in [0.25, 0.3) is 0 Å². The van der Waals surface area contributed by atoms with E-state index in [1.807, 2.05) is 0 Å². The summed E-state index contributed by atoms with van der Waals surface area (Å²) >= 11 is 0. The molecule has 1 aliphatic heterocycles. The zero-order valence-electron chi connectivity index (χ0n) is 28.5. The zero-order chi connectivity index (χ0) is 32.1. The lowest BCUT2D eigenvalue weighted by molar-refractivity contribution is -0.688. The summed E-state index contributed by atoms with van der Waals surface area (Å²) in [7, 11) is 0. The van der Waals surface area contributed by atoms with E-state index < -0.39 is 0 Å². The van der Waals surface area contributed by atoms with Gasteiger partial charge in [0.15, 0.2) is 24.0 Å². The second-order valence-corrected chi connectivity index (χ2v) is 14.8. The molecule has 252 valence electrons. The Bertz CT molecular complexity index is 1860. The van der Waals surface area contributed by atoms with Crippen molar-refractivity contribution in [3.05, 3.63) is 131 Å². The van der Waals surface area contributed by atoms with Crippen LogP contribution in [0.3, 0.4) is 0 Å². The topological polar surface area (TPSA) is 101 Å². The molecule has 2 aromatic carbocycles. The molecule has 0 unspecified atom stereocenters. The number of H-pyrrole nitrogens is 2. The van der Waals surface area contributed by atoms with Gasteiger partial charge in [-0.15, -0.1) is 0 Å². The van der Waals surface area contributed by atoms with Crippen molar-refractivity contribution in [2.24, 2.45) is 0 Å². The van der Waals surface area contributed by atoms with E-state index in [2.05, 4.69) is 154 Å². The highest BCUT2D eigenvalue weighted by atomic mass is 35.5. The number of nitrogens with zero attached hydrogens (tertiary/aromatic N) is 8. The van der Waals surface area contributed by atoms with Crippen LogP contribution in [0.15, 0.2) is 73.8 Å². The molecule has 0 saturated heterocycles. The largest absolute Gasteiger partial charge is 1.00 e. The Hall–Kier alpha value is -4.28. The van der Waals surface area contributed by atoms with Crippen LogP contribution >= 0.6 is 0 Å². The molecule has 12 bridgehead atoms. The molecule has 4 aromatic heterocycles. The number of hydrogen-bond acceptors (Lipinski definition) is 4. The van der Waals surface area contributed by atoms with E-state index in [1.165, 1.54) is 33.4 Å². The van der Waals surface area contributed by atoms with E-state index in [0.29, 0.717) is 25.9 Å². The van der Waals surface area contributed by atoms with Crippen LogP contribution in [0.5, 0.6) is 0 Å². The fourth-order valence-corrected chi connectivity index (χ4v) is 6.13. The third kappa shape index (κ3) is 8.22. The lowest BCUT2D eigenvalue weighted by atomic mass is 9.84. The quantitative estimate of drug-likeness (QED) is 0.188. The van der Waals surface area contributed by atoms with Gasteiger partial charge >= 0.3 is 0 Å². The van der Waals surface area contributed by atoms with Gasteiger partial charge in [-0.25, -0.2) is 28.2 Å². The number of aromatic nitrogens is 10. The Labute approximate surface area is 294 Å². The van der Waals surface area contributed by atoms with E-state index in [4.69, 9.17) is 9.97 Å². The molecule has 1 aliphatic rings. The number of aromatic amines is 2. The van der Waals surface area contributed by atoms with Gasteiger partial charge in [-0.1, -0.05) is 77.9 Å². The first-order valence-electron chi connectivity index (χ1n) is 16.1. The minimum Gasteiger partial charge on any atom is -1.00 e. The molecule has 0 saturated carbocycles. The lowest BCUT2D eigenvalue weighted by Gasteiger charge is -2.21. The van der Waals surface area contributed by atoms with Crippen molar-refractivity contribution in [2.45, 2.75) is 91.4 Å². The molecule has 10 nitrogen and oxygen atoms in total. The highest BCUT2D eigenvalue weighted by Crippen LogP contribution is 2.27. The van der Waals surface area contributed by atoms with Gasteiger partial charge < -0.3 is 24.8 Å². The number of rotatable bonds is 0. The van der Waals surface area contributed by atoms with E-state index in [9.17, 15) is 0 Å². The summed E-state index contributed by atoms with van der Waals surface area (Å²) in [6.07, 6.45) is 14.0. The fraction of sp³-hybridized carbons (Fsp3) is 0.389. The van der Waals surface area contributed by atoms with Gasteiger partial charge in [0, 0.05) is 12.8 Å². The molecule has 0 amide bonds. The maximum atomic E-state index is 4.96. The summed E-state index contributed by atoms with van der Waals surface area (Å²) in [5, 5.41) is 15.5. The second kappa shape index (κ2) is 13.7. The molecule has 12 heteroatoms. The van der Waals surface area contributed by atoms with Crippen molar-refractivity contribution in [3.63, 3.8) is 0 Å². The van der Waals surface area contributed by atoms with E-state index >= 15 is 0 Å². The summed E-state index contributed by atoms with van der Waals surface area (Å²) in [5.74, 6) is 3.30. The van der Waals surface area contributed by atoms with Gasteiger partial charge in [-0.2, -0.15) is 10.2 Å². The van der Waals surface area contributed by atoms with Crippen LogP contribution in [0.1, 0.15) is 98.2 Å². The van der Waals surface area contributed by atoms with Crippen LogP contribution in [0, 0.1) is 0 Å².